The summed E-state index contributed by atoms with van der Waals surface area (Å²) in [6.07, 6.45) is 2.70. The van der Waals surface area contributed by atoms with Gasteiger partial charge in [-0.1, -0.05) is 0 Å². The van der Waals surface area contributed by atoms with Crippen LogP contribution >= 0.6 is 0 Å². The predicted molar refractivity (Wildman–Crippen MR) is 152 cm³/mol. The zero-order valence-corrected chi connectivity index (χ0v) is 24.4. The van der Waals surface area contributed by atoms with E-state index in [1.54, 1.807) is 6.07 Å². The highest BCUT2D eigenvalue weighted by atomic mass is 19.4. The SMILES string of the molecule is O=C(O)C(F)(F)F.O=C1CCC(N2C(=O)c3ccc(N4CCC(C5CCN(C6CCNCC6)CC5)CC4)cc3C2=O)C(=O)N1. The largest absolute Gasteiger partial charge is 0.490 e. The molecule has 1 atom stereocenters. The number of anilines is 1. The monoisotopic (exact) mass is 621 g/mol. The number of hydrogen-bond acceptors (Lipinski definition) is 8. The number of alkyl halides is 3. The van der Waals surface area contributed by atoms with Gasteiger partial charge in [-0.15, -0.1) is 0 Å². The van der Waals surface area contributed by atoms with Crippen LogP contribution in [0.25, 0.3) is 0 Å². The van der Waals surface area contributed by atoms with Crippen molar-refractivity contribution in [1.82, 2.24) is 20.4 Å². The van der Waals surface area contributed by atoms with Gasteiger partial charge < -0.3 is 20.2 Å². The van der Waals surface area contributed by atoms with E-state index in [2.05, 4.69) is 20.4 Å². The molecule has 1 aromatic carbocycles. The van der Waals surface area contributed by atoms with Crippen LogP contribution in [-0.2, 0) is 14.4 Å². The van der Waals surface area contributed by atoms with Gasteiger partial charge in [0.05, 0.1) is 11.1 Å². The molecule has 4 amide bonds. The lowest BCUT2D eigenvalue weighted by molar-refractivity contribution is -0.192. The third kappa shape index (κ3) is 6.90. The molecule has 3 N–H and O–H groups in total. The van der Waals surface area contributed by atoms with Gasteiger partial charge in [0, 0.05) is 31.2 Å². The number of likely N-dealkylation sites (tertiary alicyclic amines) is 1. The molecule has 0 aliphatic carbocycles. The van der Waals surface area contributed by atoms with Crippen LogP contribution < -0.4 is 15.5 Å². The second kappa shape index (κ2) is 13.2. The van der Waals surface area contributed by atoms with Crippen molar-refractivity contribution < 1.29 is 42.3 Å². The Labute approximate surface area is 253 Å². The third-order valence-corrected chi connectivity index (χ3v) is 9.64. The van der Waals surface area contributed by atoms with Crippen LogP contribution in [0.4, 0.5) is 18.9 Å². The van der Waals surface area contributed by atoms with Gasteiger partial charge in [-0.3, -0.25) is 29.4 Å². The summed E-state index contributed by atoms with van der Waals surface area (Å²) in [5.74, 6) is -3.02. The smallest absolute Gasteiger partial charge is 0.475 e. The van der Waals surface area contributed by atoms with Crippen LogP contribution in [0.3, 0.4) is 0 Å². The molecule has 1 unspecified atom stereocenters. The van der Waals surface area contributed by atoms with Crippen molar-refractivity contribution in [2.75, 3.05) is 44.2 Å². The number of imide groups is 2. The normalized spacial score (nSPS) is 24.6. The quantitative estimate of drug-likeness (QED) is 0.433. The van der Waals surface area contributed by atoms with E-state index in [0.29, 0.717) is 11.1 Å². The number of nitrogens with zero attached hydrogens (tertiary/aromatic N) is 3. The highest BCUT2D eigenvalue weighted by Crippen LogP contribution is 2.36. The summed E-state index contributed by atoms with van der Waals surface area (Å²) < 4.78 is 31.7. The maximum atomic E-state index is 13.2. The van der Waals surface area contributed by atoms with E-state index < -0.39 is 35.9 Å². The lowest BCUT2D eigenvalue weighted by Crippen LogP contribution is -2.54. The van der Waals surface area contributed by atoms with Crippen molar-refractivity contribution in [2.24, 2.45) is 11.8 Å². The molecule has 5 aliphatic heterocycles. The van der Waals surface area contributed by atoms with E-state index in [-0.39, 0.29) is 18.7 Å². The molecule has 4 saturated heterocycles. The Morgan fingerprint density at radius 1 is 0.818 bits per heavy atom. The number of rotatable bonds is 4. The number of aliphatic carboxylic acids is 1. The highest BCUT2D eigenvalue weighted by molar-refractivity contribution is 6.23. The fraction of sp³-hybridized carbons (Fsp3) is 0.633. The molecule has 11 nitrogen and oxygen atoms in total. The molecular formula is C30H38F3N5O6. The second-order valence-corrected chi connectivity index (χ2v) is 12.2. The summed E-state index contributed by atoms with van der Waals surface area (Å²) in [6, 6.07) is 5.31. The molecule has 1 aromatic rings. The van der Waals surface area contributed by atoms with Crippen LogP contribution in [0.1, 0.15) is 72.1 Å². The molecule has 5 heterocycles. The number of halogens is 3. The number of fused-ring (bicyclic) bond motifs is 1. The van der Waals surface area contributed by atoms with Crippen LogP contribution in [0, 0.1) is 11.8 Å². The first-order chi connectivity index (χ1) is 20.9. The Balaban J connectivity index is 0.000000493. The molecule has 4 fully saturated rings. The summed E-state index contributed by atoms with van der Waals surface area (Å²) >= 11 is 0. The van der Waals surface area contributed by atoms with Gasteiger partial charge in [-0.2, -0.15) is 13.2 Å². The summed E-state index contributed by atoms with van der Waals surface area (Å²) in [6.45, 7) is 6.69. The summed E-state index contributed by atoms with van der Waals surface area (Å²) in [5, 5.41) is 12.8. The number of amides is 4. The standard InChI is InChI=1S/C28H37N5O4.C2HF3O2/c34-25-4-3-24(26(35)30-25)33-27(36)22-2-1-21(17-23(22)28(33)37)32-15-9-19(10-16-32)18-7-13-31(14-8-18)20-5-11-29-12-6-20;3-2(4,5)1(6)7/h1-2,17-20,24,29H,3-16H2,(H,30,34,35);(H,6,7). The minimum absolute atomic E-state index is 0.126. The zero-order chi connectivity index (χ0) is 31.6. The molecule has 0 aromatic heterocycles. The fourth-order valence-corrected chi connectivity index (χ4v) is 7.21. The molecule has 0 bridgehead atoms. The lowest BCUT2D eigenvalue weighted by atomic mass is 9.78. The van der Waals surface area contributed by atoms with Crippen molar-refractivity contribution >= 4 is 35.3 Å². The number of benzene rings is 1. The maximum Gasteiger partial charge on any atom is 0.490 e. The molecule has 44 heavy (non-hydrogen) atoms. The number of carboxylic acids is 1. The first-order valence-electron chi connectivity index (χ1n) is 15.3. The van der Waals surface area contributed by atoms with Crippen LogP contribution in [0.15, 0.2) is 18.2 Å². The van der Waals surface area contributed by atoms with Gasteiger partial charge in [0.25, 0.3) is 11.8 Å². The molecule has 0 saturated carbocycles. The van der Waals surface area contributed by atoms with Gasteiger partial charge >= 0.3 is 12.1 Å². The van der Waals surface area contributed by atoms with Crippen molar-refractivity contribution in [3.05, 3.63) is 29.3 Å². The number of hydrogen-bond donors (Lipinski definition) is 3. The van der Waals surface area contributed by atoms with Crippen LogP contribution in [0.2, 0.25) is 0 Å². The van der Waals surface area contributed by atoms with Crippen molar-refractivity contribution in [2.45, 2.75) is 69.6 Å². The molecule has 6 rings (SSSR count). The van der Waals surface area contributed by atoms with E-state index in [4.69, 9.17) is 9.90 Å². The first-order valence-corrected chi connectivity index (χ1v) is 15.3. The van der Waals surface area contributed by atoms with Crippen molar-refractivity contribution in [1.29, 1.82) is 0 Å². The molecule has 0 radical (unpaired) electrons. The predicted octanol–water partition coefficient (Wildman–Crippen LogP) is 2.40. The second-order valence-electron chi connectivity index (χ2n) is 12.2. The molecule has 0 spiro atoms. The Bertz CT molecular complexity index is 1280. The average Bonchev–Trinajstić information content (AvgIpc) is 3.26. The van der Waals surface area contributed by atoms with E-state index in [1.165, 1.54) is 38.8 Å². The van der Waals surface area contributed by atoms with Crippen LogP contribution in [0.5, 0.6) is 0 Å². The highest BCUT2D eigenvalue weighted by Gasteiger charge is 2.45. The maximum absolute atomic E-state index is 13.2. The zero-order valence-electron chi connectivity index (χ0n) is 24.4. The molecular weight excluding hydrogens is 583 g/mol. The number of carbonyl (C=O) groups excluding carboxylic acids is 4. The van der Waals surface area contributed by atoms with Gasteiger partial charge in [0.2, 0.25) is 11.8 Å². The number of carbonyl (C=O) groups is 5. The topological polar surface area (TPSA) is 139 Å². The van der Waals surface area contributed by atoms with Crippen molar-refractivity contribution in [3.63, 3.8) is 0 Å². The van der Waals surface area contributed by atoms with Crippen molar-refractivity contribution in [3.8, 4) is 0 Å². The fourth-order valence-electron chi connectivity index (χ4n) is 7.21. The van der Waals surface area contributed by atoms with Gasteiger partial charge in [0.15, 0.2) is 0 Å². The Morgan fingerprint density at radius 3 is 1.95 bits per heavy atom. The molecule has 14 heteroatoms. The summed E-state index contributed by atoms with van der Waals surface area (Å²) in [4.78, 5) is 65.0. The summed E-state index contributed by atoms with van der Waals surface area (Å²) in [7, 11) is 0. The Hall–Kier alpha value is -3.52. The van der Waals surface area contributed by atoms with Crippen LogP contribution in [-0.4, -0.2) is 102 Å². The molecule has 240 valence electrons. The first kappa shape index (κ1) is 31.9. The molecule has 5 aliphatic rings. The van der Waals surface area contributed by atoms with E-state index >= 15 is 0 Å². The third-order valence-electron chi connectivity index (χ3n) is 9.64. The van der Waals surface area contributed by atoms with Gasteiger partial charge in [0.1, 0.15) is 6.04 Å². The van der Waals surface area contributed by atoms with E-state index in [9.17, 15) is 32.3 Å². The summed E-state index contributed by atoms with van der Waals surface area (Å²) in [5.41, 5.74) is 1.66. The van der Waals surface area contributed by atoms with E-state index in [0.717, 1.165) is 67.5 Å². The number of piperidine rings is 4. The average molecular weight is 622 g/mol. The minimum Gasteiger partial charge on any atom is -0.475 e. The van der Waals surface area contributed by atoms with Gasteiger partial charge in [-0.25, -0.2) is 4.79 Å². The number of carboxylic acid groups (broad SMARTS) is 1. The van der Waals surface area contributed by atoms with E-state index in [1.807, 2.05) is 12.1 Å². The van der Waals surface area contributed by atoms with Gasteiger partial charge in [-0.05, 0) is 101 Å². The Morgan fingerprint density at radius 2 is 1.39 bits per heavy atom. The number of nitrogens with one attached hydrogen (secondary N) is 2. The Kier molecular flexibility index (Phi) is 9.59. The minimum atomic E-state index is -5.08. The lowest BCUT2D eigenvalue weighted by Gasteiger charge is -2.43.